The Kier molecular flexibility index (Phi) is 7.13. The number of nitrogens with two attached hydrogens (primary N) is 1. The van der Waals surface area contributed by atoms with Crippen LogP contribution in [0.5, 0.6) is 5.75 Å². The van der Waals surface area contributed by atoms with Crippen molar-refractivity contribution in [2.24, 2.45) is 5.92 Å². The molecule has 3 aliphatic heterocycles. The maximum absolute atomic E-state index is 13.5. The third-order valence-electron chi connectivity index (χ3n) is 8.49. The molecule has 3 fully saturated rings. The summed E-state index contributed by atoms with van der Waals surface area (Å²) < 4.78 is 14.2. The van der Waals surface area contributed by atoms with E-state index < -0.39 is 11.6 Å². The summed E-state index contributed by atoms with van der Waals surface area (Å²) in [5.74, 6) is 0.996. The van der Waals surface area contributed by atoms with Crippen LogP contribution in [0.2, 0.25) is 0 Å². The molecule has 0 unspecified atom stereocenters. The molecule has 5 heterocycles. The topological polar surface area (TPSA) is 132 Å². The Morgan fingerprint density at radius 1 is 1.23 bits per heavy atom. The van der Waals surface area contributed by atoms with Crippen molar-refractivity contribution in [3.63, 3.8) is 0 Å². The van der Waals surface area contributed by atoms with Crippen LogP contribution in [0.1, 0.15) is 49.0 Å². The first kappa shape index (κ1) is 26.0. The lowest BCUT2D eigenvalue weighted by atomic mass is 9.82. The second kappa shape index (κ2) is 10.7. The molecule has 208 valence electrons. The molecular weight excluding hydrogens is 498 g/mol. The number of benzene rings is 1. The minimum Gasteiger partial charge on any atom is -0.492 e. The van der Waals surface area contributed by atoms with Gasteiger partial charge in [0.15, 0.2) is 11.5 Å². The summed E-state index contributed by atoms with van der Waals surface area (Å²) in [6.07, 6.45) is 6.71. The predicted molar refractivity (Wildman–Crippen MR) is 145 cm³/mol. The maximum atomic E-state index is 13.5. The summed E-state index contributed by atoms with van der Waals surface area (Å²) in [6, 6.07) is 7.06. The van der Waals surface area contributed by atoms with Gasteiger partial charge in [0.25, 0.3) is 5.91 Å². The van der Waals surface area contributed by atoms with Gasteiger partial charge in [-0.05, 0) is 63.9 Å². The predicted octanol–water partition coefficient (Wildman–Crippen LogP) is 2.13. The fourth-order valence-corrected chi connectivity index (χ4v) is 6.35. The Balaban J connectivity index is 1.13. The highest BCUT2D eigenvalue weighted by Crippen LogP contribution is 2.39. The van der Waals surface area contributed by atoms with Crippen LogP contribution in [-0.4, -0.2) is 98.0 Å². The molecule has 1 aromatic carbocycles. The van der Waals surface area contributed by atoms with Crippen LogP contribution in [-0.2, 0) is 4.74 Å². The maximum Gasteiger partial charge on any atom is 0.254 e. The monoisotopic (exact) mass is 535 g/mol. The number of carbonyl (C=O) groups is 1. The van der Waals surface area contributed by atoms with Gasteiger partial charge in [-0.1, -0.05) is 6.07 Å². The standard InChI is InChI=1S/C28H37N7O4/c1-28(37)14-20-15-34(27(36)19-5-4-6-21(13-19)38-12-11-33-8-2-3-9-33)10-7-22(20)39-16-23(28)35-18-32-24-25(29)30-17-31-26(24)35/h4-6,13,17-18,20,22-23,37H,2-3,7-12,14-16H2,1H3,(H2,29,30,31)/t20-,22+,23-,28-/m1/s1. The van der Waals surface area contributed by atoms with E-state index in [2.05, 4.69) is 19.9 Å². The molecule has 6 rings (SSSR count). The molecule has 3 N–H and O–H groups in total. The van der Waals surface area contributed by atoms with Crippen LogP contribution >= 0.6 is 0 Å². The van der Waals surface area contributed by atoms with E-state index in [-0.39, 0.29) is 17.9 Å². The number of ether oxygens (including phenoxy) is 2. The molecule has 11 nitrogen and oxygen atoms in total. The minimum atomic E-state index is -1.11. The first-order valence-electron chi connectivity index (χ1n) is 13.9. The number of fused-ring (bicyclic) bond motifs is 2. The van der Waals surface area contributed by atoms with Crippen molar-refractivity contribution < 1.29 is 19.4 Å². The number of aliphatic hydroxyl groups is 1. The summed E-state index contributed by atoms with van der Waals surface area (Å²) in [7, 11) is 0. The van der Waals surface area contributed by atoms with Crippen molar-refractivity contribution in [2.75, 3.05) is 51.7 Å². The number of aromatic nitrogens is 4. The molecule has 0 saturated carbocycles. The number of hydrogen-bond donors (Lipinski definition) is 2. The second-order valence-electron chi connectivity index (χ2n) is 11.3. The second-order valence-corrected chi connectivity index (χ2v) is 11.3. The molecule has 3 aliphatic rings. The Morgan fingerprint density at radius 3 is 2.92 bits per heavy atom. The Labute approximate surface area is 227 Å². The number of rotatable bonds is 6. The van der Waals surface area contributed by atoms with Crippen LogP contribution in [0, 0.1) is 5.92 Å². The smallest absolute Gasteiger partial charge is 0.254 e. The van der Waals surface area contributed by atoms with Gasteiger partial charge in [0.1, 0.15) is 24.2 Å². The molecule has 3 aromatic rings. The first-order valence-corrected chi connectivity index (χ1v) is 13.9. The van der Waals surface area contributed by atoms with E-state index in [0.29, 0.717) is 61.7 Å². The van der Waals surface area contributed by atoms with Crippen LogP contribution < -0.4 is 10.5 Å². The Bertz CT molecular complexity index is 1320. The molecule has 0 aliphatic carbocycles. The summed E-state index contributed by atoms with van der Waals surface area (Å²) >= 11 is 0. The Morgan fingerprint density at radius 2 is 2.08 bits per heavy atom. The molecule has 0 radical (unpaired) electrons. The van der Waals surface area contributed by atoms with Crippen LogP contribution in [0.25, 0.3) is 11.2 Å². The lowest BCUT2D eigenvalue weighted by Crippen LogP contribution is -2.48. The average Bonchev–Trinajstić information content (AvgIpc) is 3.57. The number of likely N-dealkylation sites (tertiary alicyclic amines) is 2. The van der Waals surface area contributed by atoms with E-state index in [1.165, 1.54) is 19.2 Å². The van der Waals surface area contributed by atoms with Gasteiger partial charge in [0, 0.05) is 31.1 Å². The number of amides is 1. The molecule has 4 atom stereocenters. The summed E-state index contributed by atoms with van der Waals surface area (Å²) in [4.78, 5) is 30.5. The molecule has 3 saturated heterocycles. The highest BCUT2D eigenvalue weighted by Gasteiger charge is 2.45. The number of carbonyl (C=O) groups excluding carboxylic acids is 1. The minimum absolute atomic E-state index is 0.00271. The van der Waals surface area contributed by atoms with E-state index in [1.54, 1.807) is 6.33 Å². The fourth-order valence-electron chi connectivity index (χ4n) is 6.35. The number of piperidine rings is 1. The number of nitrogens with zero attached hydrogens (tertiary/aromatic N) is 6. The molecule has 1 amide bonds. The van der Waals surface area contributed by atoms with E-state index in [9.17, 15) is 9.90 Å². The van der Waals surface area contributed by atoms with Gasteiger partial charge in [0.2, 0.25) is 0 Å². The van der Waals surface area contributed by atoms with Crippen LogP contribution in [0.3, 0.4) is 0 Å². The van der Waals surface area contributed by atoms with Crippen molar-refractivity contribution in [3.05, 3.63) is 42.5 Å². The highest BCUT2D eigenvalue weighted by atomic mass is 16.5. The summed E-state index contributed by atoms with van der Waals surface area (Å²) in [5.41, 5.74) is 6.56. The lowest BCUT2D eigenvalue weighted by Gasteiger charge is -2.39. The summed E-state index contributed by atoms with van der Waals surface area (Å²) in [6.45, 7) is 7.05. The number of nitrogen functional groups attached to an aromatic ring is 1. The van der Waals surface area contributed by atoms with Crippen molar-refractivity contribution in [1.82, 2.24) is 29.3 Å². The molecule has 39 heavy (non-hydrogen) atoms. The number of anilines is 1. The van der Waals surface area contributed by atoms with Gasteiger partial charge in [-0.3, -0.25) is 9.69 Å². The van der Waals surface area contributed by atoms with Gasteiger partial charge in [-0.15, -0.1) is 0 Å². The van der Waals surface area contributed by atoms with Gasteiger partial charge in [0.05, 0.1) is 30.7 Å². The largest absolute Gasteiger partial charge is 0.492 e. The van der Waals surface area contributed by atoms with E-state index in [0.717, 1.165) is 25.4 Å². The van der Waals surface area contributed by atoms with Crippen molar-refractivity contribution in [1.29, 1.82) is 0 Å². The third kappa shape index (κ3) is 5.30. The zero-order chi connectivity index (χ0) is 27.0. The molecule has 0 bridgehead atoms. The molecule has 11 heteroatoms. The molecular formula is C28H37N7O4. The van der Waals surface area contributed by atoms with Gasteiger partial charge < -0.3 is 29.8 Å². The lowest BCUT2D eigenvalue weighted by molar-refractivity contribution is -0.0273. The zero-order valence-corrected chi connectivity index (χ0v) is 22.4. The third-order valence-corrected chi connectivity index (χ3v) is 8.49. The highest BCUT2D eigenvalue weighted by molar-refractivity contribution is 5.94. The van der Waals surface area contributed by atoms with E-state index in [1.807, 2.05) is 40.7 Å². The van der Waals surface area contributed by atoms with Gasteiger partial charge in [-0.25, -0.2) is 15.0 Å². The van der Waals surface area contributed by atoms with Crippen LogP contribution in [0.4, 0.5) is 5.82 Å². The number of imidazole rings is 1. The average molecular weight is 536 g/mol. The zero-order valence-electron chi connectivity index (χ0n) is 22.4. The molecule has 0 spiro atoms. The Hall–Kier alpha value is -3.28. The molecule has 2 aromatic heterocycles. The van der Waals surface area contributed by atoms with E-state index in [4.69, 9.17) is 15.2 Å². The van der Waals surface area contributed by atoms with Crippen molar-refractivity contribution in [2.45, 2.75) is 50.4 Å². The fraction of sp³-hybridized carbons (Fsp3) is 0.571. The van der Waals surface area contributed by atoms with Crippen molar-refractivity contribution >= 4 is 22.9 Å². The van der Waals surface area contributed by atoms with Gasteiger partial charge >= 0.3 is 0 Å². The quantitative estimate of drug-likeness (QED) is 0.487. The number of hydrogen-bond acceptors (Lipinski definition) is 9. The first-order chi connectivity index (χ1) is 18.9. The summed E-state index contributed by atoms with van der Waals surface area (Å²) in [5, 5.41) is 11.7. The van der Waals surface area contributed by atoms with E-state index >= 15 is 0 Å². The van der Waals surface area contributed by atoms with Crippen molar-refractivity contribution in [3.8, 4) is 5.75 Å². The normalized spacial score (nSPS) is 27.8. The van der Waals surface area contributed by atoms with Gasteiger partial charge in [-0.2, -0.15) is 0 Å². The SMILES string of the molecule is C[C@@]1(O)C[C@@H]2CN(C(=O)c3cccc(OCCN4CCCC4)c3)CC[C@@H]2OC[C@H]1n1cnc2c(N)ncnc21. The van der Waals surface area contributed by atoms with Crippen LogP contribution in [0.15, 0.2) is 36.9 Å².